The highest BCUT2D eigenvalue weighted by atomic mass is 35.5. The summed E-state index contributed by atoms with van der Waals surface area (Å²) >= 11 is 5.69. The fraction of sp³-hybridized carbons (Fsp3) is 0.231. The van der Waals surface area contributed by atoms with E-state index in [1.165, 1.54) is 0 Å². The normalized spacial score (nSPS) is 10.2. The largest absolute Gasteiger partial charge is 0.496 e. The van der Waals surface area contributed by atoms with E-state index in [4.69, 9.17) is 16.3 Å². The molecule has 1 aromatic heterocycles. The molecule has 0 radical (unpaired) electrons. The van der Waals surface area contributed by atoms with E-state index in [1.807, 2.05) is 24.3 Å². The Hall–Kier alpha value is -1.61. The second-order valence-electron chi connectivity index (χ2n) is 3.63. The lowest BCUT2D eigenvalue weighted by atomic mass is 10.1. The fourth-order valence-electron chi connectivity index (χ4n) is 1.56. The van der Waals surface area contributed by atoms with Gasteiger partial charge in [-0.1, -0.05) is 18.2 Å². The van der Waals surface area contributed by atoms with Gasteiger partial charge in [-0.25, -0.2) is 9.97 Å². The smallest absolute Gasteiger partial charge is 0.132 e. The van der Waals surface area contributed by atoms with Gasteiger partial charge in [0.05, 0.1) is 13.0 Å². The minimum atomic E-state index is 0.439. The Labute approximate surface area is 105 Å². The van der Waals surface area contributed by atoms with Crippen molar-refractivity contribution < 1.29 is 4.74 Å². The fourth-order valence-corrected chi connectivity index (χ4v) is 1.70. The van der Waals surface area contributed by atoms with E-state index in [-0.39, 0.29) is 0 Å². The first-order valence-electron chi connectivity index (χ1n) is 5.31. The van der Waals surface area contributed by atoms with Crippen LogP contribution in [0.2, 0.25) is 0 Å². The molecule has 1 aromatic carbocycles. The third-order valence-corrected chi connectivity index (χ3v) is 2.76. The van der Waals surface area contributed by atoms with Gasteiger partial charge < -0.3 is 4.74 Å². The highest BCUT2D eigenvalue weighted by molar-refractivity contribution is 6.17. The van der Waals surface area contributed by atoms with Gasteiger partial charge in [0.2, 0.25) is 0 Å². The molecule has 4 heteroatoms. The van der Waals surface area contributed by atoms with Gasteiger partial charge in [-0.3, -0.25) is 0 Å². The standard InChI is InChI=1S/C13H13ClN2O/c1-17-12-5-3-2-4-11(12)6-13-15-8-10(7-14)9-16-13/h2-5,8-9H,6-7H2,1H3. The van der Waals surface area contributed by atoms with E-state index in [0.717, 1.165) is 22.7 Å². The first-order chi connectivity index (χ1) is 8.33. The van der Waals surface area contributed by atoms with Gasteiger partial charge in [-0.2, -0.15) is 0 Å². The summed E-state index contributed by atoms with van der Waals surface area (Å²) in [5.74, 6) is 2.07. The zero-order chi connectivity index (χ0) is 12.1. The van der Waals surface area contributed by atoms with Crippen molar-refractivity contribution in [1.29, 1.82) is 0 Å². The maximum absolute atomic E-state index is 5.69. The summed E-state index contributed by atoms with van der Waals surface area (Å²) < 4.78 is 5.29. The van der Waals surface area contributed by atoms with Crippen LogP contribution in [0.1, 0.15) is 17.0 Å². The Morgan fingerprint density at radius 2 is 1.88 bits per heavy atom. The predicted octanol–water partition coefficient (Wildman–Crippen LogP) is 2.81. The first kappa shape index (κ1) is 11.9. The summed E-state index contributed by atoms with van der Waals surface area (Å²) in [6.07, 6.45) is 4.17. The van der Waals surface area contributed by atoms with Gasteiger partial charge in [-0.05, 0) is 6.07 Å². The summed E-state index contributed by atoms with van der Waals surface area (Å²) in [6, 6.07) is 7.87. The van der Waals surface area contributed by atoms with E-state index in [2.05, 4.69) is 9.97 Å². The van der Waals surface area contributed by atoms with Gasteiger partial charge in [0, 0.05) is 29.9 Å². The zero-order valence-corrected chi connectivity index (χ0v) is 10.3. The molecule has 0 aliphatic heterocycles. The molecule has 0 unspecified atom stereocenters. The summed E-state index contributed by atoms with van der Waals surface area (Å²) in [6.45, 7) is 0. The number of rotatable bonds is 4. The SMILES string of the molecule is COc1ccccc1Cc1ncc(CCl)cn1. The van der Waals surface area contributed by atoms with Crippen molar-refractivity contribution >= 4 is 11.6 Å². The van der Waals surface area contributed by atoms with Crippen molar-refractivity contribution in [3.8, 4) is 5.75 Å². The number of ether oxygens (including phenoxy) is 1. The lowest BCUT2D eigenvalue weighted by molar-refractivity contribution is 0.410. The number of halogens is 1. The first-order valence-corrected chi connectivity index (χ1v) is 5.84. The van der Waals surface area contributed by atoms with Crippen LogP contribution in [0, 0.1) is 0 Å². The Morgan fingerprint density at radius 1 is 1.18 bits per heavy atom. The molecule has 0 aliphatic carbocycles. The summed E-state index contributed by atoms with van der Waals surface area (Å²) in [5.41, 5.74) is 2.00. The van der Waals surface area contributed by atoms with Crippen molar-refractivity contribution in [2.24, 2.45) is 0 Å². The van der Waals surface area contributed by atoms with Crippen molar-refractivity contribution in [3.05, 3.63) is 53.6 Å². The predicted molar refractivity (Wildman–Crippen MR) is 67.4 cm³/mol. The number of para-hydroxylation sites is 1. The van der Waals surface area contributed by atoms with E-state index < -0.39 is 0 Å². The molecule has 2 aromatic rings. The van der Waals surface area contributed by atoms with Crippen LogP contribution in [0.3, 0.4) is 0 Å². The molecule has 0 fully saturated rings. The Bertz CT molecular complexity index is 485. The summed E-state index contributed by atoms with van der Waals surface area (Å²) in [4.78, 5) is 8.54. The molecule has 0 atom stereocenters. The van der Waals surface area contributed by atoms with Crippen molar-refractivity contribution in [1.82, 2.24) is 9.97 Å². The van der Waals surface area contributed by atoms with Crippen LogP contribution < -0.4 is 4.74 Å². The molecule has 0 saturated carbocycles. The average molecular weight is 249 g/mol. The molecule has 0 amide bonds. The molecule has 88 valence electrons. The quantitative estimate of drug-likeness (QED) is 0.781. The molecular formula is C13H13ClN2O. The topological polar surface area (TPSA) is 35.0 Å². The number of alkyl halides is 1. The van der Waals surface area contributed by atoms with Gasteiger partial charge in [0.25, 0.3) is 0 Å². The zero-order valence-electron chi connectivity index (χ0n) is 9.56. The van der Waals surface area contributed by atoms with Crippen LogP contribution in [-0.2, 0) is 12.3 Å². The average Bonchev–Trinajstić information content (AvgIpc) is 2.40. The minimum Gasteiger partial charge on any atom is -0.496 e. The van der Waals surface area contributed by atoms with Crippen LogP contribution in [0.15, 0.2) is 36.7 Å². The molecule has 0 bridgehead atoms. The van der Waals surface area contributed by atoms with E-state index in [0.29, 0.717) is 12.3 Å². The lowest BCUT2D eigenvalue weighted by Gasteiger charge is -2.07. The van der Waals surface area contributed by atoms with E-state index in [9.17, 15) is 0 Å². The van der Waals surface area contributed by atoms with Crippen molar-refractivity contribution in [2.45, 2.75) is 12.3 Å². The highest BCUT2D eigenvalue weighted by Crippen LogP contribution is 2.19. The monoisotopic (exact) mass is 248 g/mol. The number of nitrogens with zero attached hydrogens (tertiary/aromatic N) is 2. The molecule has 17 heavy (non-hydrogen) atoms. The van der Waals surface area contributed by atoms with Gasteiger partial charge in [-0.15, -0.1) is 11.6 Å². The van der Waals surface area contributed by atoms with Crippen LogP contribution in [0.25, 0.3) is 0 Å². The van der Waals surface area contributed by atoms with Crippen LogP contribution in [0.4, 0.5) is 0 Å². The molecule has 0 aliphatic rings. The van der Waals surface area contributed by atoms with E-state index >= 15 is 0 Å². The molecule has 2 rings (SSSR count). The van der Waals surface area contributed by atoms with Crippen molar-refractivity contribution in [2.75, 3.05) is 7.11 Å². The molecule has 0 saturated heterocycles. The summed E-state index contributed by atoms with van der Waals surface area (Å²) in [5, 5.41) is 0. The molecular weight excluding hydrogens is 236 g/mol. The Balaban J connectivity index is 2.19. The number of hydrogen-bond acceptors (Lipinski definition) is 3. The third-order valence-electron chi connectivity index (χ3n) is 2.45. The molecule has 3 nitrogen and oxygen atoms in total. The molecule has 0 spiro atoms. The van der Waals surface area contributed by atoms with Gasteiger partial charge in [0.1, 0.15) is 11.6 Å². The Morgan fingerprint density at radius 3 is 2.53 bits per heavy atom. The highest BCUT2D eigenvalue weighted by Gasteiger charge is 2.04. The second-order valence-corrected chi connectivity index (χ2v) is 3.90. The molecule has 0 N–H and O–H groups in total. The number of aromatic nitrogens is 2. The third kappa shape index (κ3) is 2.94. The van der Waals surface area contributed by atoms with Crippen LogP contribution in [-0.4, -0.2) is 17.1 Å². The number of methoxy groups -OCH3 is 1. The summed E-state index contributed by atoms with van der Waals surface area (Å²) in [7, 11) is 1.66. The maximum Gasteiger partial charge on any atom is 0.132 e. The van der Waals surface area contributed by atoms with Crippen LogP contribution >= 0.6 is 11.6 Å². The van der Waals surface area contributed by atoms with E-state index in [1.54, 1.807) is 19.5 Å². The van der Waals surface area contributed by atoms with Crippen LogP contribution in [0.5, 0.6) is 5.75 Å². The van der Waals surface area contributed by atoms with Crippen molar-refractivity contribution in [3.63, 3.8) is 0 Å². The lowest BCUT2D eigenvalue weighted by Crippen LogP contribution is -1.99. The number of hydrogen-bond donors (Lipinski definition) is 0. The second kappa shape index (κ2) is 5.64. The van der Waals surface area contributed by atoms with Gasteiger partial charge >= 0.3 is 0 Å². The minimum absolute atomic E-state index is 0.439. The Kier molecular flexibility index (Phi) is 3.94. The maximum atomic E-state index is 5.69. The molecule has 1 heterocycles. The van der Waals surface area contributed by atoms with Gasteiger partial charge in [0.15, 0.2) is 0 Å². The number of benzene rings is 1.